The second-order valence-corrected chi connectivity index (χ2v) is 9.22. The molecule has 1 aliphatic heterocycles. The molecule has 31 heavy (non-hydrogen) atoms. The number of anilines is 1. The van der Waals surface area contributed by atoms with Crippen LogP contribution in [-0.2, 0) is 22.5 Å². The highest BCUT2D eigenvalue weighted by Gasteiger charge is 2.13. The Morgan fingerprint density at radius 2 is 1.84 bits per heavy atom. The molecule has 1 saturated heterocycles. The van der Waals surface area contributed by atoms with Gasteiger partial charge in [0.25, 0.3) is 0 Å². The van der Waals surface area contributed by atoms with Crippen LogP contribution in [0.5, 0.6) is 0 Å². The van der Waals surface area contributed by atoms with Crippen LogP contribution < -0.4 is 5.32 Å². The van der Waals surface area contributed by atoms with Crippen molar-refractivity contribution in [1.29, 1.82) is 0 Å². The molecular weight excluding hydrogens is 406 g/mol. The van der Waals surface area contributed by atoms with Crippen LogP contribution >= 0.6 is 11.8 Å². The van der Waals surface area contributed by atoms with E-state index >= 15 is 0 Å². The van der Waals surface area contributed by atoms with E-state index in [9.17, 15) is 4.79 Å². The van der Waals surface area contributed by atoms with Crippen molar-refractivity contribution in [2.45, 2.75) is 19.4 Å². The topological polar surface area (TPSA) is 44.8 Å². The van der Waals surface area contributed by atoms with Crippen molar-refractivity contribution in [3.63, 3.8) is 0 Å². The summed E-state index contributed by atoms with van der Waals surface area (Å²) in [5.74, 6) is 2.44. The molecule has 1 N–H and O–H groups in total. The Labute approximate surface area is 191 Å². The van der Waals surface area contributed by atoms with E-state index in [1.165, 1.54) is 22.6 Å². The monoisotopic (exact) mass is 441 g/mol. The predicted octanol–water partition coefficient (Wildman–Crippen LogP) is 3.76. The first-order valence-electron chi connectivity index (χ1n) is 11.2. The fourth-order valence-electron chi connectivity index (χ4n) is 3.81. The molecule has 168 valence electrons. The number of benzene rings is 2. The number of rotatable bonds is 12. The second-order valence-electron chi connectivity index (χ2n) is 8.00. The molecule has 0 radical (unpaired) electrons. The fraction of sp³-hybridized carbons (Fsp3) is 0.480. The molecule has 0 bridgehead atoms. The lowest BCUT2D eigenvalue weighted by molar-refractivity contribution is -0.117. The molecule has 0 saturated carbocycles. The van der Waals surface area contributed by atoms with Gasteiger partial charge >= 0.3 is 0 Å². The highest BCUT2D eigenvalue weighted by atomic mass is 32.2. The van der Waals surface area contributed by atoms with Gasteiger partial charge in [-0.2, -0.15) is 11.8 Å². The molecule has 1 fully saturated rings. The maximum Gasteiger partial charge on any atom is 0.238 e. The zero-order valence-corrected chi connectivity index (χ0v) is 19.4. The third kappa shape index (κ3) is 9.03. The highest BCUT2D eigenvalue weighted by Crippen LogP contribution is 2.16. The van der Waals surface area contributed by atoms with Gasteiger partial charge in [-0.15, -0.1) is 0 Å². The van der Waals surface area contributed by atoms with Gasteiger partial charge in [-0.25, -0.2) is 0 Å². The van der Waals surface area contributed by atoms with Gasteiger partial charge < -0.3 is 10.1 Å². The van der Waals surface area contributed by atoms with Crippen molar-refractivity contribution in [3.05, 3.63) is 65.7 Å². The van der Waals surface area contributed by atoms with E-state index in [-0.39, 0.29) is 5.91 Å². The number of carbonyl (C=O) groups excluding carboxylic acids is 1. The largest absolute Gasteiger partial charge is 0.383 e. The standard InChI is InChI=1S/C25H35N3O2S/c1-30-16-13-27(12-6-10-22-7-3-2-4-8-22)21-25(29)26-24-11-5-9-23(19-24)20-28-14-17-31-18-15-28/h2-5,7-9,11,19H,6,10,12-18,20-21H2,1H3,(H,26,29). The maximum absolute atomic E-state index is 12.7. The minimum absolute atomic E-state index is 0.0299. The molecule has 2 aromatic carbocycles. The number of aryl methyl sites for hydroxylation is 1. The number of amides is 1. The number of nitrogens with zero attached hydrogens (tertiary/aromatic N) is 2. The second kappa shape index (κ2) is 13.5. The molecule has 0 aromatic heterocycles. The molecule has 2 aromatic rings. The Morgan fingerprint density at radius 3 is 2.61 bits per heavy atom. The van der Waals surface area contributed by atoms with Gasteiger partial charge in [0.2, 0.25) is 5.91 Å². The lowest BCUT2D eigenvalue weighted by atomic mass is 10.1. The van der Waals surface area contributed by atoms with E-state index in [1.807, 2.05) is 30.0 Å². The molecule has 0 aliphatic carbocycles. The fourth-order valence-corrected chi connectivity index (χ4v) is 4.79. The average Bonchev–Trinajstić information content (AvgIpc) is 2.79. The number of nitrogens with one attached hydrogen (secondary N) is 1. The minimum atomic E-state index is 0.0299. The van der Waals surface area contributed by atoms with Crippen LogP contribution in [0.3, 0.4) is 0 Å². The van der Waals surface area contributed by atoms with Crippen LogP contribution in [0.25, 0.3) is 0 Å². The first kappa shape index (κ1) is 23.8. The van der Waals surface area contributed by atoms with Gasteiger partial charge in [-0.3, -0.25) is 14.6 Å². The van der Waals surface area contributed by atoms with Gasteiger partial charge in [-0.1, -0.05) is 42.5 Å². The van der Waals surface area contributed by atoms with Crippen molar-refractivity contribution in [2.24, 2.45) is 0 Å². The summed E-state index contributed by atoms with van der Waals surface area (Å²) in [5.41, 5.74) is 3.47. The van der Waals surface area contributed by atoms with Gasteiger partial charge in [0.15, 0.2) is 0 Å². The van der Waals surface area contributed by atoms with Crippen LogP contribution in [-0.4, -0.2) is 73.7 Å². The van der Waals surface area contributed by atoms with Crippen molar-refractivity contribution in [1.82, 2.24) is 9.80 Å². The summed E-state index contributed by atoms with van der Waals surface area (Å²) >= 11 is 2.02. The Hall–Kier alpha value is -1.86. The van der Waals surface area contributed by atoms with Crippen LogP contribution in [0.2, 0.25) is 0 Å². The summed E-state index contributed by atoms with van der Waals surface area (Å²) in [7, 11) is 1.70. The van der Waals surface area contributed by atoms with E-state index in [4.69, 9.17) is 4.74 Å². The Morgan fingerprint density at radius 1 is 1.06 bits per heavy atom. The highest BCUT2D eigenvalue weighted by molar-refractivity contribution is 7.99. The van der Waals surface area contributed by atoms with Crippen molar-refractivity contribution in [2.75, 3.05) is 63.3 Å². The van der Waals surface area contributed by atoms with Crippen LogP contribution in [0.15, 0.2) is 54.6 Å². The Kier molecular flexibility index (Phi) is 10.4. The number of thioether (sulfide) groups is 1. The van der Waals surface area contributed by atoms with E-state index in [2.05, 4.69) is 51.5 Å². The van der Waals surface area contributed by atoms with Gasteiger partial charge in [-0.05, 0) is 42.6 Å². The molecule has 3 rings (SSSR count). The molecule has 6 heteroatoms. The molecule has 0 atom stereocenters. The SMILES string of the molecule is COCCN(CCCc1ccccc1)CC(=O)Nc1cccc(CN2CCSCC2)c1. The molecular formula is C25H35N3O2S. The Balaban J connectivity index is 1.48. The quantitative estimate of drug-likeness (QED) is 0.543. The Bertz CT molecular complexity index is 781. The van der Waals surface area contributed by atoms with Gasteiger partial charge in [0.05, 0.1) is 13.2 Å². The summed E-state index contributed by atoms with van der Waals surface area (Å²) in [6.45, 7) is 5.86. The average molecular weight is 442 g/mol. The first-order valence-corrected chi connectivity index (χ1v) is 12.3. The number of methoxy groups -OCH3 is 1. The van der Waals surface area contributed by atoms with E-state index < -0.39 is 0 Å². The summed E-state index contributed by atoms with van der Waals surface area (Å²) in [6, 6.07) is 18.8. The minimum Gasteiger partial charge on any atom is -0.383 e. The van der Waals surface area contributed by atoms with Crippen molar-refractivity contribution >= 4 is 23.4 Å². The molecule has 1 aliphatic rings. The number of hydrogen-bond donors (Lipinski definition) is 1. The zero-order chi connectivity index (χ0) is 21.7. The van der Waals surface area contributed by atoms with Crippen LogP contribution in [0, 0.1) is 0 Å². The van der Waals surface area contributed by atoms with Gasteiger partial charge in [0.1, 0.15) is 0 Å². The lowest BCUT2D eigenvalue weighted by Crippen LogP contribution is -2.36. The third-order valence-electron chi connectivity index (χ3n) is 5.48. The number of hydrogen-bond acceptors (Lipinski definition) is 5. The van der Waals surface area contributed by atoms with Crippen LogP contribution in [0.4, 0.5) is 5.69 Å². The molecule has 0 unspecified atom stereocenters. The van der Waals surface area contributed by atoms with E-state index in [0.29, 0.717) is 13.2 Å². The summed E-state index contributed by atoms with van der Waals surface area (Å²) in [4.78, 5) is 17.4. The van der Waals surface area contributed by atoms with Crippen molar-refractivity contribution in [3.8, 4) is 0 Å². The number of carbonyl (C=O) groups is 1. The van der Waals surface area contributed by atoms with E-state index in [1.54, 1.807) is 7.11 Å². The van der Waals surface area contributed by atoms with E-state index in [0.717, 1.165) is 51.3 Å². The van der Waals surface area contributed by atoms with Crippen LogP contribution in [0.1, 0.15) is 17.5 Å². The molecule has 1 amide bonds. The van der Waals surface area contributed by atoms with Crippen molar-refractivity contribution < 1.29 is 9.53 Å². The molecule has 0 spiro atoms. The normalized spacial score (nSPS) is 14.6. The summed E-state index contributed by atoms with van der Waals surface area (Å²) in [6.07, 6.45) is 2.04. The third-order valence-corrected chi connectivity index (χ3v) is 6.42. The zero-order valence-electron chi connectivity index (χ0n) is 18.6. The molecule has 1 heterocycles. The molecule has 5 nitrogen and oxygen atoms in total. The van der Waals surface area contributed by atoms with Gasteiger partial charge in [0, 0.05) is 50.5 Å². The predicted molar refractivity (Wildman–Crippen MR) is 131 cm³/mol. The first-order chi connectivity index (χ1) is 15.2. The smallest absolute Gasteiger partial charge is 0.238 e. The maximum atomic E-state index is 12.7. The lowest BCUT2D eigenvalue weighted by Gasteiger charge is -2.26. The summed E-state index contributed by atoms with van der Waals surface area (Å²) in [5, 5.41) is 3.09. The number of ether oxygens (including phenoxy) is 1. The summed E-state index contributed by atoms with van der Waals surface area (Å²) < 4.78 is 5.25.